The molecule has 0 atom stereocenters. The SMILES string of the molecule is O=NNC(=O)NOC(=O)O. The van der Waals surface area contributed by atoms with Crippen molar-refractivity contribution in [3.8, 4) is 0 Å². The Labute approximate surface area is 54.1 Å². The molecule has 56 valence electrons. The van der Waals surface area contributed by atoms with Crippen molar-refractivity contribution in [2.24, 2.45) is 5.29 Å². The highest BCUT2D eigenvalue weighted by atomic mass is 16.8. The number of urea groups is 1. The van der Waals surface area contributed by atoms with Crippen LogP contribution in [0.25, 0.3) is 0 Å². The van der Waals surface area contributed by atoms with E-state index >= 15 is 0 Å². The van der Waals surface area contributed by atoms with E-state index in [2.05, 4.69) is 4.84 Å². The Morgan fingerprint density at radius 2 is 2.10 bits per heavy atom. The van der Waals surface area contributed by atoms with Gasteiger partial charge in [0.15, 0.2) is 0 Å². The second-order valence-electron chi connectivity index (χ2n) is 1.00. The summed E-state index contributed by atoms with van der Waals surface area (Å²) in [5.74, 6) is 0. The number of nitroso groups, excluding NO2 is 1. The van der Waals surface area contributed by atoms with Crippen molar-refractivity contribution >= 4 is 12.2 Å². The molecule has 8 heteroatoms. The molecule has 0 aromatic rings. The Bertz CT molecular complexity index is 155. The molecule has 0 radical (unpaired) electrons. The first-order valence-electron chi connectivity index (χ1n) is 1.95. The van der Waals surface area contributed by atoms with E-state index in [9.17, 15) is 14.5 Å². The molecule has 0 saturated carbocycles. The highest BCUT2D eigenvalue weighted by Gasteiger charge is 2.01. The van der Waals surface area contributed by atoms with Gasteiger partial charge in [0.2, 0.25) is 0 Å². The van der Waals surface area contributed by atoms with E-state index in [1.54, 1.807) is 0 Å². The van der Waals surface area contributed by atoms with Gasteiger partial charge in [0.05, 0.1) is 5.29 Å². The van der Waals surface area contributed by atoms with Crippen LogP contribution in [-0.2, 0) is 4.84 Å². The van der Waals surface area contributed by atoms with Crippen LogP contribution in [0.3, 0.4) is 0 Å². The summed E-state index contributed by atoms with van der Waals surface area (Å²) in [4.78, 5) is 32.3. The molecule has 2 amide bonds. The van der Waals surface area contributed by atoms with E-state index in [0.717, 1.165) is 0 Å². The lowest BCUT2D eigenvalue weighted by Crippen LogP contribution is -2.33. The first kappa shape index (κ1) is 8.14. The zero-order valence-corrected chi connectivity index (χ0v) is 4.53. The van der Waals surface area contributed by atoms with Crippen molar-refractivity contribution in [3.05, 3.63) is 4.91 Å². The minimum atomic E-state index is -1.69. The summed E-state index contributed by atoms with van der Waals surface area (Å²) in [6.45, 7) is 0. The smallest absolute Gasteiger partial charge is 0.448 e. The van der Waals surface area contributed by atoms with E-state index < -0.39 is 12.2 Å². The average molecular weight is 149 g/mol. The molecule has 10 heavy (non-hydrogen) atoms. The summed E-state index contributed by atoms with van der Waals surface area (Å²) in [6.07, 6.45) is -1.69. The van der Waals surface area contributed by atoms with Gasteiger partial charge >= 0.3 is 12.2 Å². The maximum absolute atomic E-state index is 10.0. The van der Waals surface area contributed by atoms with Gasteiger partial charge in [0.25, 0.3) is 0 Å². The van der Waals surface area contributed by atoms with Gasteiger partial charge < -0.3 is 9.94 Å². The molecule has 0 fully saturated rings. The third-order valence-electron chi connectivity index (χ3n) is 0.378. The van der Waals surface area contributed by atoms with E-state index in [1.807, 2.05) is 5.29 Å². The van der Waals surface area contributed by atoms with E-state index in [4.69, 9.17) is 5.11 Å². The molecule has 0 unspecified atom stereocenters. The Balaban J connectivity index is 3.39. The van der Waals surface area contributed by atoms with Crippen LogP contribution in [-0.4, -0.2) is 17.3 Å². The summed E-state index contributed by atoms with van der Waals surface area (Å²) in [6, 6.07) is -1.16. The predicted octanol–water partition coefficient (Wildman–Crippen LogP) is -0.423. The number of hydrogen-bond acceptors (Lipinski definition) is 5. The molecule has 0 bridgehead atoms. The molecule has 0 rings (SSSR count). The maximum Gasteiger partial charge on any atom is 0.530 e. The summed E-state index contributed by atoms with van der Waals surface area (Å²) < 4.78 is 0. The highest BCUT2D eigenvalue weighted by Crippen LogP contribution is 1.69. The van der Waals surface area contributed by atoms with Crippen LogP contribution in [0, 0.1) is 4.91 Å². The molecule has 0 aliphatic carbocycles. The number of rotatable bonds is 1. The second kappa shape index (κ2) is 4.06. The van der Waals surface area contributed by atoms with Crippen molar-refractivity contribution in [2.45, 2.75) is 0 Å². The number of hydrogen-bond donors (Lipinski definition) is 3. The van der Waals surface area contributed by atoms with Crippen LogP contribution >= 0.6 is 0 Å². The van der Waals surface area contributed by atoms with E-state index in [1.165, 1.54) is 10.9 Å². The molecule has 0 heterocycles. The fraction of sp³-hybridized carbons (Fsp3) is 0. The monoisotopic (exact) mass is 149 g/mol. The van der Waals surface area contributed by atoms with Gasteiger partial charge in [-0.15, -0.1) is 4.91 Å². The summed E-state index contributed by atoms with van der Waals surface area (Å²) in [5, 5.41) is 9.69. The summed E-state index contributed by atoms with van der Waals surface area (Å²) >= 11 is 0. The molecular formula is C2H3N3O5. The van der Waals surface area contributed by atoms with Gasteiger partial charge in [-0.05, 0) is 0 Å². The lowest BCUT2D eigenvalue weighted by Gasteiger charge is -1.96. The largest absolute Gasteiger partial charge is 0.530 e. The van der Waals surface area contributed by atoms with Crippen LogP contribution in [0.15, 0.2) is 5.29 Å². The predicted molar refractivity (Wildman–Crippen MR) is 26.6 cm³/mol. The standard InChI is InChI=1S/C2H3N3O5/c6-1(3-5-9)4-10-2(7)8/h(H,7,8)(H2,3,4,6,9). The zero-order chi connectivity index (χ0) is 7.98. The van der Waals surface area contributed by atoms with Gasteiger partial charge in [-0.25, -0.2) is 9.59 Å². The number of hydroxylamine groups is 1. The third kappa shape index (κ3) is 4.30. The number of carboxylic acid groups (broad SMARTS) is 1. The molecule has 3 N–H and O–H groups in total. The van der Waals surface area contributed by atoms with Crippen LogP contribution in [0.1, 0.15) is 0 Å². The van der Waals surface area contributed by atoms with Crippen molar-refractivity contribution in [2.75, 3.05) is 0 Å². The fourth-order valence-corrected chi connectivity index (χ4v) is 0.154. The summed E-state index contributed by atoms with van der Waals surface area (Å²) in [7, 11) is 0. The van der Waals surface area contributed by atoms with Gasteiger partial charge in [-0.1, -0.05) is 0 Å². The molecule has 0 aromatic heterocycles. The Kier molecular flexibility index (Phi) is 3.31. The van der Waals surface area contributed by atoms with Crippen LogP contribution in [0.4, 0.5) is 9.59 Å². The molecule has 8 nitrogen and oxygen atoms in total. The Morgan fingerprint density at radius 1 is 1.50 bits per heavy atom. The minimum absolute atomic E-state index is 1.16. The lowest BCUT2D eigenvalue weighted by molar-refractivity contribution is 0.0558. The average Bonchev–Trinajstić information content (AvgIpc) is 1.85. The lowest BCUT2D eigenvalue weighted by atomic mass is 11.1. The normalized spacial score (nSPS) is 7.60. The van der Waals surface area contributed by atoms with Crippen LogP contribution in [0.2, 0.25) is 0 Å². The molecule has 0 aromatic carbocycles. The number of nitrogens with one attached hydrogen (secondary N) is 2. The van der Waals surface area contributed by atoms with Crippen LogP contribution in [0.5, 0.6) is 0 Å². The highest BCUT2D eigenvalue weighted by molar-refractivity contribution is 5.73. The van der Waals surface area contributed by atoms with Gasteiger partial charge in [-0.3, -0.25) is 0 Å². The number of carbonyl (C=O) groups excluding carboxylic acids is 1. The van der Waals surface area contributed by atoms with Crippen molar-refractivity contribution < 1.29 is 19.5 Å². The minimum Gasteiger partial charge on any atom is -0.448 e. The number of carbonyl (C=O) groups is 2. The third-order valence-corrected chi connectivity index (χ3v) is 0.378. The van der Waals surface area contributed by atoms with Gasteiger partial charge in [0.1, 0.15) is 0 Å². The van der Waals surface area contributed by atoms with Crippen molar-refractivity contribution in [3.63, 3.8) is 0 Å². The van der Waals surface area contributed by atoms with Gasteiger partial charge in [-0.2, -0.15) is 10.9 Å². The van der Waals surface area contributed by atoms with Gasteiger partial charge in [0, 0.05) is 0 Å². The summed E-state index contributed by atoms with van der Waals surface area (Å²) in [5.41, 5.74) is 2.67. The number of nitrogens with zero attached hydrogens (tertiary/aromatic N) is 1. The second-order valence-corrected chi connectivity index (χ2v) is 1.00. The first-order valence-corrected chi connectivity index (χ1v) is 1.95. The number of amides is 2. The Morgan fingerprint density at radius 3 is 2.50 bits per heavy atom. The first-order chi connectivity index (χ1) is 4.66. The van der Waals surface area contributed by atoms with E-state index in [0.29, 0.717) is 0 Å². The van der Waals surface area contributed by atoms with E-state index in [-0.39, 0.29) is 0 Å². The molecule has 0 aliphatic heterocycles. The Hall–Kier alpha value is -1.86. The van der Waals surface area contributed by atoms with Crippen LogP contribution < -0.4 is 10.9 Å². The quantitative estimate of drug-likeness (QED) is 0.345. The molecule has 0 aliphatic rings. The molecular weight excluding hydrogens is 146 g/mol. The molecule has 0 saturated heterocycles. The zero-order valence-electron chi connectivity index (χ0n) is 4.53. The fourth-order valence-electron chi connectivity index (χ4n) is 0.154. The van der Waals surface area contributed by atoms with Crippen molar-refractivity contribution in [1.82, 2.24) is 10.9 Å². The topological polar surface area (TPSA) is 117 Å². The molecule has 0 spiro atoms. The van der Waals surface area contributed by atoms with Crippen molar-refractivity contribution in [1.29, 1.82) is 0 Å². The maximum atomic E-state index is 10.0.